The third-order valence-corrected chi connectivity index (χ3v) is 6.91. The standard InChI is InChI=1S/C20H19NO5/c1-9-2-3-12-11(8-9)16-10(5-7-25-16)17-20-6-4-13(26-20)14(19(23)24)15(20)18(22)21(12)17/h2-4,6,8,10,13-17H,5,7H2,1H3,(H,23,24)/t10?,13-,14?,15?,16?,17?,20+/m1/s1. The number of fused-ring (bicyclic) bond motifs is 7. The molecule has 0 saturated carbocycles. The van der Waals surface area contributed by atoms with Crippen LogP contribution in [0.3, 0.4) is 0 Å². The Bertz CT molecular complexity index is 894. The number of nitrogens with zero attached hydrogens (tertiary/aromatic N) is 1. The molecule has 6 nitrogen and oxygen atoms in total. The van der Waals surface area contributed by atoms with Gasteiger partial charge in [-0.05, 0) is 19.4 Å². The Balaban J connectivity index is 1.59. The highest BCUT2D eigenvalue weighted by Gasteiger charge is 2.74. The van der Waals surface area contributed by atoms with Crippen LogP contribution in [0.2, 0.25) is 0 Å². The van der Waals surface area contributed by atoms with Crippen LogP contribution in [0.15, 0.2) is 30.4 Å². The minimum absolute atomic E-state index is 0.0630. The van der Waals surface area contributed by atoms with Gasteiger partial charge in [0.2, 0.25) is 5.91 Å². The van der Waals surface area contributed by atoms with Crippen LogP contribution in [0.4, 0.5) is 5.69 Å². The van der Waals surface area contributed by atoms with Crippen LogP contribution < -0.4 is 4.90 Å². The molecule has 6 rings (SSSR count). The van der Waals surface area contributed by atoms with Crippen LogP contribution in [-0.4, -0.2) is 41.3 Å². The number of anilines is 1. The van der Waals surface area contributed by atoms with Crippen molar-refractivity contribution >= 4 is 17.6 Å². The molecule has 2 bridgehead atoms. The van der Waals surface area contributed by atoms with E-state index in [1.54, 1.807) is 0 Å². The minimum Gasteiger partial charge on any atom is -0.481 e. The van der Waals surface area contributed by atoms with Crippen molar-refractivity contribution < 1.29 is 24.2 Å². The topological polar surface area (TPSA) is 76.1 Å². The van der Waals surface area contributed by atoms with Crippen LogP contribution in [0.1, 0.15) is 23.7 Å². The van der Waals surface area contributed by atoms with E-state index in [4.69, 9.17) is 9.47 Å². The maximum Gasteiger partial charge on any atom is 0.310 e. The molecule has 5 aliphatic rings. The molecule has 5 unspecified atom stereocenters. The Morgan fingerprint density at radius 1 is 1.38 bits per heavy atom. The molecule has 3 fully saturated rings. The number of carbonyl (C=O) groups excluding carboxylic acids is 1. The van der Waals surface area contributed by atoms with Crippen molar-refractivity contribution in [1.82, 2.24) is 0 Å². The summed E-state index contributed by atoms with van der Waals surface area (Å²) in [7, 11) is 0. The quantitative estimate of drug-likeness (QED) is 0.780. The van der Waals surface area contributed by atoms with Crippen molar-refractivity contribution in [2.75, 3.05) is 11.5 Å². The van der Waals surface area contributed by atoms with Crippen molar-refractivity contribution in [1.29, 1.82) is 0 Å². The lowest BCUT2D eigenvalue weighted by Crippen LogP contribution is -2.53. The van der Waals surface area contributed by atoms with Crippen LogP contribution in [0, 0.1) is 24.7 Å². The number of carbonyl (C=O) groups is 2. The number of hydrogen-bond donors (Lipinski definition) is 1. The number of hydrogen-bond acceptors (Lipinski definition) is 4. The Hall–Kier alpha value is -2.18. The average Bonchev–Trinajstić information content (AvgIpc) is 3.35. The number of amides is 1. The van der Waals surface area contributed by atoms with E-state index in [9.17, 15) is 14.7 Å². The fourth-order valence-corrected chi connectivity index (χ4v) is 6.04. The zero-order valence-corrected chi connectivity index (χ0v) is 14.3. The molecule has 6 heteroatoms. The normalized spacial score (nSPS) is 44.0. The van der Waals surface area contributed by atoms with Crippen LogP contribution in [-0.2, 0) is 19.1 Å². The number of carboxylic acid groups (broad SMARTS) is 1. The van der Waals surface area contributed by atoms with E-state index >= 15 is 0 Å². The summed E-state index contributed by atoms with van der Waals surface area (Å²) < 4.78 is 12.3. The summed E-state index contributed by atoms with van der Waals surface area (Å²) >= 11 is 0. The second-order valence-electron chi connectivity index (χ2n) is 8.10. The van der Waals surface area contributed by atoms with Gasteiger partial charge in [-0.25, -0.2) is 0 Å². The van der Waals surface area contributed by atoms with Crippen molar-refractivity contribution in [3.8, 4) is 0 Å². The molecule has 1 aromatic carbocycles. The van der Waals surface area contributed by atoms with E-state index in [0.717, 1.165) is 23.2 Å². The first kappa shape index (κ1) is 14.9. The molecular weight excluding hydrogens is 334 g/mol. The Labute approximate surface area is 150 Å². The highest BCUT2D eigenvalue weighted by molar-refractivity contribution is 6.04. The zero-order valence-electron chi connectivity index (χ0n) is 14.3. The van der Waals surface area contributed by atoms with Crippen molar-refractivity contribution in [3.63, 3.8) is 0 Å². The lowest BCUT2D eigenvalue weighted by molar-refractivity contribution is -0.146. The molecule has 5 heterocycles. The number of carboxylic acids is 1. The molecule has 0 aliphatic carbocycles. The predicted octanol–water partition coefficient (Wildman–Crippen LogP) is 1.83. The van der Waals surface area contributed by atoms with Gasteiger partial charge in [-0.2, -0.15) is 0 Å². The summed E-state index contributed by atoms with van der Waals surface area (Å²) in [5.41, 5.74) is 2.17. The molecule has 3 saturated heterocycles. The fraction of sp³-hybridized carbons (Fsp3) is 0.500. The molecule has 0 radical (unpaired) electrons. The number of aryl methyl sites for hydroxylation is 1. The van der Waals surface area contributed by atoms with Gasteiger partial charge in [0.25, 0.3) is 0 Å². The van der Waals surface area contributed by atoms with E-state index in [2.05, 4.69) is 6.07 Å². The second-order valence-corrected chi connectivity index (χ2v) is 8.10. The molecule has 7 atom stereocenters. The second kappa shape index (κ2) is 4.56. The van der Waals surface area contributed by atoms with E-state index < -0.39 is 29.5 Å². The Morgan fingerprint density at radius 2 is 2.23 bits per heavy atom. The molecule has 1 N–H and O–H groups in total. The van der Waals surface area contributed by atoms with E-state index in [1.807, 2.05) is 36.1 Å². The van der Waals surface area contributed by atoms with Crippen molar-refractivity contribution in [2.45, 2.75) is 37.2 Å². The summed E-state index contributed by atoms with van der Waals surface area (Å²) in [5.74, 6) is -2.43. The predicted molar refractivity (Wildman–Crippen MR) is 90.6 cm³/mol. The highest BCUT2D eigenvalue weighted by atomic mass is 16.5. The summed E-state index contributed by atoms with van der Waals surface area (Å²) in [4.78, 5) is 27.2. The number of ether oxygens (including phenoxy) is 2. The summed E-state index contributed by atoms with van der Waals surface area (Å²) in [6, 6.07) is 5.86. The first-order valence-corrected chi connectivity index (χ1v) is 9.18. The molecular formula is C20H19NO5. The van der Waals surface area contributed by atoms with Crippen LogP contribution in [0.5, 0.6) is 0 Å². The van der Waals surface area contributed by atoms with Gasteiger partial charge in [0.05, 0.1) is 24.2 Å². The monoisotopic (exact) mass is 353 g/mol. The van der Waals surface area contributed by atoms with E-state index in [0.29, 0.717) is 6.61 Å². The number of rotatable bonds is 1. The lowest BCUT2D eigenvalue weighted by Gasteiger charge is -2.44. The minimum atomic E-state index is -0.956. The van der Waals surface area contributed by atoms with Gasteiger partial charge in [0.15, 0.2) is 0 Å². The van der Waals surface area contributed by atoms with Gasteiger partial charge in [-0.15, -0.1) is 0 Å². The van der Waals surface area contributed by atoms with Crippen molar-refractivity contribution in [3.05, 3.63) is 41.5 Å². The average molecular weight is 353 g/mol. The molecule has 0 aromatic heterocycles. The Morgan fingerprint density at radius 3 is 3.04 bits per heavy atom. The smallest absolute Gasteiger partial charge is 0.310 e. The largest absolute Gasteiger partial charge is 0.481 e. The summed E-state index contributed by atoms with van der Waals surface area (Å²) in [6.07, 6.45) is 4.07. The number of benzene rings is 1. The first-order valence-electron chi connectivity index (χ1n) is 9.18. The Kier molecular flexibility index (Phi) is 2.62. The van der Waals surface area contributed by atoms with Crippen molar-refractivity contribution in [2.24, 2.45) is 17.8 Å². The lowest BCUT2D eigenvalue weighted by atomic mass is 9.70. The third-order valence-electron chi connectivity index (χ3n) is 6.91. The van der Waals surface area contributed by atoms with Gasteiger partial charge in [0.1, 0.15) is 11.5 Å². The molecule has 26 heavy (non-hydrogen) atoms. The van der Waals surface area contributed by atoms with Crippen LogP contribution in [0.25, 0.3) is 0 Å². The molecule has 1 amide bonds. The summed E-state index contributed by atoms with van der Waals surface area (Å²) in [5, 5.41) is 9.74. The molecule has 1 aromatic rings. The van der Waals surface area contributed by atoms with Gasteiger partial charge >= 0.3 is 5.97 Å². The maximum atomic E-state index is 13.5. The van der Waals surface area contributed by atoms with Gasteiger partial charge < -0.3 is 19.5 Å². The highest BCUT2D eigenvalue weighted by Crippen LogP contribution is 2.62. The van der Waals surface area contributed by atoms with Gasteiger partial charge in [0, 0.05) is 23.8 Å². The van der Waals surface area contributed by atoms with Gasteiger partial charge in [-0.1, -0.05) is 29.8 Å². The molecule has 134 valence electrons. The molecule has 1 spiro atoms. The zero-order chi connectivity index (χ0) is 17.8. The van der Waals surface area contributed by atoms with E-state index in [-0.39, 0.29) is 24.0 Å². The van der Waals surface area contributed by atoms with E-state index in [1.165, 1.54) is 0 Å². The van der Waals surface area contributed by atoms with Crippen LogP contribution >= 0.6 is 0 Å². The fourth-order valence-electron chi connectivity index (χ4n) is 6.04. The summed E-state index contributed by atoms with van der Waals surface area (Å²) in [6.45, 7) is 2.68. The number of aliphatic carboxylic acids is 1. The maximum absolute atomic E-state index is 13.5. The first-order chi connectivity index (χ1) is 12.5. The third kappa shape index (κ3) is 1.48. The van der Waals surface area contributed by atoms with Gasteiger partial charge in [-0.3, -0.25) is 9.59 Å². The SMILES string of the molecule is Cc1ccc2c(c1)C1OCCC1C1N2C(=O)C2C(C(=O)O)[C@H]3C=C[C@]21O3. The molecule has 5 aliphatic heterocycles.